The lowest BCUT2D eigenvalue weighted by Gasteiger charge is -2.19. The number of halogens is 1. The third-order valence-electron chi connectivity index (χ3n) is 2.83. The predicted octanol–water partition coefficient (Wildman–Crippen LogP) is 0.0537. The van der Waals surface area contributed by atoms with Gasteiger partial charge in [0.05, 0.1) is 6.04 Å². The van der Waals surface area contributed by atoms with Gasteiger partial charge in [-0.25, -0.2) is 4.39 Å². The highest BCUT2D eigenvalue weighted by atomic mass is 19.1. The number of hydrogen-bond acceptors (Lipinski definition) is 2. The van der Waals surface area contributed by atoms with Gasteiger partial charge < -0.3 is 15.2 Å². The van der Waals surface area contributed by atoms with Gasteiger partial charge in [0.1, 0.15) is 12.4 Å². The van der Waals surface area contributed by atoms with Crippen LogP contribution in [0.5, 0.6) is 0 Å². The molecule has 1 rings (SSSR count). The molecule has 0 heterocycles. The van der Waals surface area contributed by atoms with Gasteiger partial charge in [-0.3, -0.25) is 0 Å². The molecule has 1 unspecified atom stereocenters. The van der Waals surface area contributed by atoms with Gasteiger partial charge in [-0.1, -0.05) is 26.0 Å². The van der Waals surface area contributed by atoms with E-state index >= 15 is 0 Å². The molecule has 0 amide bonds. The van der Waals surface area contributed by atoms with Crippen molar-refractivity contribution in [3.05, 3.63) is 35.6 Å². The van der Waals surface area contributed by atoms with Gasteiger partial charge in [0.15, 0.2) is 0 Å². The van der Waals surface area contributed by atoms with Crippen LogP contribution < -0.4 is 10.4 Å². The van der Waals surface area contributed by atoms with E-state index in [-0.39, 0.29) is 24.2 Å². The van der Waals surface area contributed by atoms with Crippen molar-refractivity contribution in [1.29, 1.82) is 0 Å². The highest BCUT2D eigenvalue weighted by molar-refractivity contribution is 5.64. The van der Waals surface area contributed by atoms with Crippen LogP contribution in [-0.4, -0.2) is 12.0 Å². The van der Waals surface area contributed by atoms with Crippen LogP contribution in [0.15, 0.2) is 24.3 Å². The Morgan fingerprint density at radius 3 is 2.41 bits per heavy atom. The molecule has 0 aromatic heterocycles. The molecule has 0 spiro atoms. The standard InChI is InChI=1S/C13H18FNO2/c1-9(2)12(7-13(16)17)15-8-10-3-5-11(14)6-4-10/h3-6,9,12,15H,7-8H2,1-2H3,(H,16,17). The fourth-order valence-electron chi connectivity index (χ4n) is 1.69. The van der Waals surface area contributed by atoms with Crippen molar-refractivity contribution < 1.29 is 19.6 Å². The molecule has 3 nitrogen and oxygen atoms in total. The first-order valence-corrected chi connectivity index (χ1v) is 5.76. The molecule has 0 radical (unpaired) electrons. The molecule has 1 aromatic rings. The second-order valence-electron chi connectivity index (χ2n) is 4.55. The maximum absolute atomic E-state index is 12.7. The molecule has 17 heavy (non-hydrogen) atoms. The Labute approximate surface area is 101 Å². The minimum absolute atomic E-state index is 0.00921. The number of rotatable bonds is 6. The number of quaternary nitrogens is 1. The maximum Gasteiger partial charge on any atom is 0.123 e. The van der Waals surface area contributed by atoms with Crippen LogP contribution in [0, 0.1) is 11.7 Å². The lowest BCUT2D eigenvalue weighted by Crippen LogP contribution is -2.90. The molecular formula is C13H18FNO2. The van der Waals surface area contributed by atoms with E-state index in [4.69, 9.17) is 0 Å². The molecule has 4 heteroatoms. The van der Waals surface area contributed by atoms with Crippen molar-refractivity contribution in [2.45, 2.75) is 32.9 Å². The summed E-state index contributed by atoms with van der Waals surface area (Å²) in [5, 5.41) is 12.6. The van der Waals surface area contributed by atoms with Crippen molar-refractivity contribution in [2.24, 2.45) is 5.92 Å². The maximum atomic E-state index is 12.7. The minimum Gasteiger partial charge on any atom is -0.550 e. The van der Waals surface area contributed by atoms with Crippen LogP contribution in [-0.2, 0) is 11.3 Å². The van der Waals surface area contributed by atoms with Crippen molar-refractivity contribution in [3.63, 3.8) is 0 Å². The average Bonchev–Trinajstić information content (AvgIpc) is 2.25. The summed E-state index contributed by atoms with van der Waals surface area (Å²) in [7, 11) is 0. The Bertz CT molecular complexity index is 362. The Kier molecular flexibility index (Phi) is 5.10. The Morgan fingerprint density at radius 2 is 1.94 bits per heavy atom. The van der Waals surface area contributed by atoms with Gasteiger partial charge in [-0.15, -0.1) is 0 Å². The van der Waals surface area contributed by atoms with Crippen LogP contribution in [0.1, 0.15) is 25.8 Å². The molecule has 0 aliphatic heterocycles. The van der Waals surface area contributed by atoms with E-state index in [0.717, 1.165) is 5.56 Å². The summed E-state index contributed by atoms with van der Waals surface area (Å²) in [4.78, 5) is 10.6. The average molecular weight is 239 g/mol. The molecule has 94 valence electrons. The van der Waals surface area contributed by atoms with E-state index < -0.39 is 5.97 Å². The van der Waals surface area contributed by atoms with Gasteiger partial charge in [-0.2, -0.15) is 0 Å². The van der Waals surface area contributed by atoms with E-state index in [9.17, 15) is 14.3 Å². The zero-order valence-electron chi connectivity index (χ0n) is 10.2. The first kappa shape index (κ1) is 13.6. The van der Waals surface area contributed by atoms with E-state index in [1.165, 1.54) is 12.1 Å². The first-order valence-electron chi connectivity index (χ1n) is 5.76. The third kappa shape index (κ3) is 4.95. The molecule has 1 aromatic carbocycles. The summed E-state index contributed by atoms with van der Waals surface area (Å²) in [5.74, 6) is -1.03. The summed E-state index contributed by atoms with van der Waals surface area (Å²) in [6.07, 6.45) is 0.0405. The van der Waals surface area contributed by atoms with Crippen molar-refractivity contribution in [2.75, 3.05) is 0 Å². The zero-order chi connectivity index (χ0) is 12.8. The minimum atomic E-state index is -1.03. The molecule has 0 bridgehead atoms. The van der Waals surface area contributed by atoms with E-state index in [1.807, 2.05) is 19.2 Å². The number of benzene rings is 1. The number of carbonyl (C=O) groups excluding carboxylic acids is 1. The van der Waals surface area contributed by atoms with Crippen LogP contribution in [0.2, 0.25) is 0 Å². The predicted molar refractivity (Wildman–Crippen MR) is 60.3 cm³/mol. The smallest absolute Gasteiger partial charge is 0.123 e. The number of carboxylic acid groups (broad SMARTS) is 1. The highest BCUT2D eigenvalue weighted by Gasteiger charge is 2.16. The normalized spacial score (nSPS) is 12.7. The topological polar surface area (TPSA) is 56.7 Å². The van der Waals surface area contributed by atoms with E-state index in [0.29, 0.717) is 6.54 Å². The molecule has 2 N–H and O–H groups in total. The summed E-state index contributed by atoms with van der Waals surface area (Å²) in [6, 6.07) is 6.23. The van der Waals surface area contributed by atoms with Gasteiger partial charge >= 0.3 is 0 Å². The van der Waals surface area contributed by atoms with Gasteiger partial charge in [0.25, 0.3) is 0 Å². The lowest BCUT2D eigenvalue weighted by molar-refractivity contribution is -0.709. The van der Waals surface area contributed by atoms with Crippen molar-refractivity contribution in [1.82, 2.24) is 0 Å². The second-order valence-corrected chi connectivity index (χ2v) is 4.55. The Hall–Kier alpha value is -1.42. The number of hydrogen-bond donors (Lipinski definition) is 1. The van der Waals surface area contributed by atoms with Crippen LogP contribution in [0.3, 0.4) is 0 Å². The Balaban J connectivity index is 2.51. The summed E-state index contributed by atoms with van der Waals surface area (Å²) < 4.78 is 12.7. The molecule has 0 aliphatic rings. The third-order valence-corrected chi connectivity index (χ3v) is 2.83. The van der Waals surface area contributed by atoms with Gasteiger partial charge in [-0.05, 0) is 12.1 Å². The number of carboxylic acids is 1. The van der Waals surface area contributed by atoms with E-state index in [2.05, 4.69) is 0 Å². The van der Waals surface area contributed by atoms with Gasteiger partial charge in [0, 0.05) is 23.9 Å². The fraction of sp³-hybridized carbons (Fsp3) is 0.462. The fourth-order valence-corrected chi connectivity index (χ4v) is 1.69. The molecule has 0 saturated carbocycles. The van der Waals surface area contributed by atoms with Crippen LogP contribution in [0.25, 0.3) is 0 Å². The number of aliphatic carboxylic acids is 1. The quantitative estimate of drug-likeness (QED) is 0.763. The Morgan fingerprint density at radius 1 is 1.35 bits per heavy atom. The summed E-state index contributed by atoms with van der Waals surface area (Å²) in [6.45, 7) is 4.61. The number of carbonyl (C=O) groups is 1. The summed E-state index contributed by atoms with van der Waals surface area (Å²) in [5.41, 5.74) is 0.982. The molecular weight excluding hydrogens is 221 g/mol. The molecule has 1 atom stereocenters. The van der Waals surface area contributed by atoms with Crippen molar-refractivity contribution >= 4 is 5.97 Å². The van der Waals surface area contributed by atoms with Crippen LogP contribution in [0.4, 0.5) is 4.39 Å². The van der Waals surface area contributed by atoms with Crippen LogP contribution >= 0.6 is 0 Å². The highest BCUT2D eigenvalue weighted by Crippen LogP contribution is 2.03. The van der Waals surface area contributed by atoms with Gasteiger partial charge in [0.2, 0.25) is 0 Å². The second kappa shape index (κ2) is 6.35. The summed E-state index contributed by atoms with van der Waals surface area (Å²) >= 11 is 0. The number of nitrogens with two attached hydrogens (primary N) is 1. The largest absolute Gasteiger partial charge is 0.550 e. The zero-order valence-corrected chi connectivity index (χ0v) is 10.2. The first-order chi connectivity index (χ1) is 7.99. The monoisotopic (exact) mass is 239 g/mol. The molecule has 0 aliphatic carbocycles. The van der Waals surface area contributed by atoms with E-state index in [1.54, 1.807) is 12.1 Å². The SMILES string of the molecule is CC(C)C(CC(=O)[O-])[NH2+]Cc1ccc(F)cc1. The van der Waals surface area contributed by atoms with Crippen molar-refractivity contribution in [3.8, 4) is 0 Å². The lowest BCUT2D eigenvalue weighted by atomic mass is 10.0. The molecule has 0 saturated heterocycles. The molecule has 0 fully saturated rings.